The lowest BCUT2D eigenvalue weighted by molar-refractivity contribution is -0.127. The van der Waals surface area contributed by atoms with Gasteiger partial charge in [0, 0.05) is 5.69 Å². The van der Waals surface area contributed by atoms with Gasteiger partial charge >= 0.3 is 0 Å². The number of carbonyl (C=O) groups is 3. The number of benzene rings is 2. The van der Waals surface area contributed by atoms with Crippen molar-refractivity contribution >= 4 is 40.6 Å². The highest BCUT2D eigenvalue weighted by Gasteiger charge is 2.36. The van der Waals surface area contributed by atoms with Crippen molar-refractivity contribution < 1.29 is 19.1 Å². The molecule has 3 amide bonds. The molecule has 1 heterocycles. The van der Waals surface area contributed by atoms with Gasteiger partial charge in [0.2, 0.25) is 5.91 Å². The third-order valence-electron chi connectivity index (χ3n) is 4.47. The molecule has 0 bridgehead atoms. The molecule has 2 aromatic rings. The van der Waals surface area contributed by atoms with Gasteiger partial charge in [0.25, 0.3) is 11.1 Å². The maximum atomic E-state index is 12.6. The third-order valence-corrected chi connectivity index (χ3v) is 5.38. The van der Waals surface area contributed by atoms with Crippen LogP contribution in [0, 0.1) is 0 Å². The van der Waals surface area contributed by atoms with Crippen LogP contribution in [0.2, 0.25) is 0 Å². The maximum absolute atomic E-state index is 12.6. The third kappa shape index (κ3) is 5.51. The van der Waals surface area contributed by atoms with E-state index >= 15 is 0 Å². The summed E-state index contributed by atoms with van der Waals surface area (Å²) in [5, 5.41) is 2.27. The predicted molar refractivity (Wildman–Crippen MR) is 119 cm³/mol. The summed E-state index contributed by atoms with van der Waals surface area (Å²) in [5.41, 5.74) is 2.57. The molecule has 0 atom stereocenters. The average molecular weight is 425 g/mol. The zero-order chi connectivity index (χ0) is 21.5. The van der Waals surface area contributed by atoms with E-state index in [9.17, 15) is 14.4 Å². The van der Waals surface area contributed by atoms with E-state index in [1.807, 2.05) is 43.3 Å². The molecule has 0 spiro atoms. The zero-order valence-electron chi connectivity index (χ0n) is 17.0. The van der Waals surface area contributed by atoms with Crippen molar-refractivity contribution in [3.63, 3.8) is 0 Å². The molecule has 1 saturated heterocycles. The van der Waals surface area contributed by atoms with Gasteiger partial charge in [0.05, 0.1) is 11.5 Å². The lowest BCUT2D eigenvalue weighted by atomic mass is 10.1. The van der Waals surface area contributed by atoms with Crippen LogP contribution in [-0.2, 0) is 16.0 Å². The Labute approximate surface area is 180 Å². The number of thioether (sulfide) groups is 1. The van der Waals surface area contributed by atoms with Gasteiger partial charge in [0.1, 0.15) is 12.3 Å². The van der Waals surface area contributed by atoms with Crippen molar-refractivity contribution in [2.45, 2.75) is 26.7 Å². The van der Waals surface area contributed by atoms with Crippen molar-refractivity contribution in [2.75, 3.05) is 18.5 Å². The van der Waals surface area contributed by atoms with Crippen LogP contribution in [0.25, 0.3) is 6.08 Å². The Kier molecular flexibility index (Phi) is 7.30. The Bertz CT molecular complexity index is 952. The monoisotopic (exact) mass is 424 g/mol. The Morgan fingerprint density at radius 3 is 2.40 bits per heavy atom. The van der Waals surface area contributed by atoms with Gasteiger partial charge in [-0.3, -0.25) is 19.3 Å². The standard InChI is InChI=1S/C23H24N2O4S/c1-3-13-29-19-11-7-17(8-12-19)14-20-22(27)25(23(28)30-20)15-21(26)24-18-9-5-16(4-2)6-10-18/h5-12,14H,3-4,13,15H2,1-2H3,(H,24,26)/b20-14-. The fourth-order valence-corrected chi connectivity index (χ4v) is 3.67. The van der Waals surface area contributed by atoms with Gasteiger partial charge < -0.3 is 10.1 Å². The fourth-order valence-electron chi connectivity index (χ4n) is 2.84. The summed E-state index contributed by atoms with van der Waals surface area (Å²) in [6.45, 7) is 4.41. The number of hydrogen-bond acceptors (Lipinski definition) is 5. The van der Waals surface area contributed by atoms with E-state index in [2.05, 4.69) is 12.2 Å². The minimum absolute atomic E-state index is 0.294. The van der Waals surface area contributed by atoms with E-state index in [1.54, 1.807) is 18.2 Å². The first-order valence-electron chi connectivity index (χ1n) is 9.87. The summed E-state index contributed by atoms with van der Waals surface area (Å²) >= 11 is 0.835. The number of nitrogens with one attached hydrogen (secondary N) is 1. The molecule has 0 aromatic heterocycles. The van der Waals surface area contributed by atoms with E-state index in [1.165, 1.54) is 0 Å². The zero-order valence-corrected chi connectivity index (χ0v) is 17.8. The largest absolute Gasteiger partial charge is 0.494 e. The molecule has 0 aliphatic carbocycles. The van der Waals surface area contributed by atoms with Crippen LogP contribution >= 0.6 is 11.8 Å². The molecule has 0 saturated carbocycles. The van der Waals surface area contributed by atoms with Crippen LogP contribution in [0.3, 0.4) is 0 Å². The number of rotatable bonds is 8. The van der Waals surface area contributed by atoms with Crippen LogP contribution in [0.5, 0.6) is 5.75 Å². The lowest BCUT2D eigenvalue weighted by Crippen LogP contribution is -2.36. The van der Waals surface area contributed by atoms with Crippen molar-refractivity contribution in [1.29, 1.82) is 0 Å². The number of imide groups is 1. The number of aryl methyl sites for hydroxylation is 1. The maximum Gasteiger partial charge on any atom is 0.294 e. The number of carbonyl (C=O) groups excluding carboxylic acids is 3. The van der Waals surface area contributed by atoms with Crippen LogP contribution < -0.4 is 10.1 Å². The number of anilines is 1. The van der Waals surface area contributed by atoms with Crippen LogP contribution in [0.15, 0.2) is 53.4 Å². The number of nitrogens with zero attached hydrogens (tertiary/aromatic N) is 1. The molecule has 3 rings (SSSR count). The van der Waals surface area contributed by atoms with Crippen molar-refractivity contribution in [3.05, 3.63) is 64.6 Å². The van der Waals surface area contributed by atoms with E-state index in [-0.39, 0.29) is 6.54 Å². The van der Waals surface area contributed by atoms with Gasteiger partial charge in [-0.05, 0) is 66.1 Å². The minimum atomic E-state index is -0.465. The Morgan fingerprint density at radius 1 is 1.07 bits per heavy atom. The summed E-state index contributed by atoms with van der Waals surface area (Å²) in [5.74, 6) is -0.126. The quantitative estimate of drug-likeness (QED) is 0.621. The molecule has 7 heteroatoms. The summed E-state index contributed by atoms with van der Waals surface area (Å²) in [6, 6.07) is 14.8. The summed E-state index contributed by atoms with van der Waals surface area (Å²) in [7, 11) is 0. The molecule has 1 aliphatic heterocycles. The van der Waals surface area contributed by atoms with E-state index in [0.29, 0.717) is 17.2 Å². The van der Waals surface area contributed by atoms with Crippen molar-refractivity contribution in [1.82, 2.24) is 4.90 Å². The molecule has 30 heavy (non-hydrogen) atoms. The molecule has 1 N–H and O–H groups in total. The molecular formula is C23H24N2O4S. The molecule has 6 nitrogen and oxygen atoms in total. The molecule has 0 radical (unpaired) electrons. The SMILES string of the molecule is CCCOc1ccc(/C=C2\SC(=O)N(CC(=O)Nc3ccc(CC)cc3)C2=O)cc1. The number of ether oxygens (including phenoxy) is 1. The highest BCUT2D eigenvalue weighted by atomic mass is 32.2. The second-order valence-corrected chi connectivity index (χ2v) is 7.78. The normalized spacial score (nSPS) is 15.0. The fraction of sp³-hybridized carbons (Fsp3) is 0.261. The van der Waals surface area contributed by atoms with Gasteiger partial charge in [0.15, 0.2) is 0 Å². The minimum Gasteiger partial charge on any atom is -0.494 e. The molecule has 156 valence electrons. The summed E-state index contributed by atoms with van der Waals surface area (Å²) < 4.78 is 5.54. The smallest absolute Gasteiger partial charge is 0.294 e. The first kappa shape index (κ1) is 21.6. The van der Waals surface area contributed by atoms with Crippen LogP contribution in [-0.4, -0.2) is 35.1 Å². The van der Waals surface area contributed by atoms with Crippen LogP contribution in [0.1, 0.15) is 31.4 Å². The average Bonchev–Trinajstić information content (AvgIpc) is 3.01. The molecule has 1 fully saturated rings. The van der Waals surface area contributed by atoms with E-state index in [4.69, 9.17) is 4.74 Å². The molecule has 2 aromatic carbocycles. The van der Waals surface area contributed by atoms with Crippen molar-refractivity contribution in [3.8, 4) is 5.75 Å². The number of amides is 3. The highest BCUT2D eigenvalue weighted by Crippen LogP contribution is 2.32. The van der Waals surface area contributed by atoms with Gasteiger partial charge in [-0.25, -0.2) is 0 Å². The Hall–Kier alpha value is -3.06. The second kappa shape index (κ2) is 10.1. The van der Waals surface area contributed by atoms with Crippen molar-refractivity contribution in [2.24, 2.45) is 0 Å². The van der Waals surface area contributed by atoms with E-state index in [0.717, 1.165) is 46.4 Å². The van der Waals surface area contributed by atoms with E-state index < -0.39 is 17.1 Å². The molecular weight excluding hydrogens is 400 g/mol. The lowest BCUT2D eigenvalue weighted by Gasteiger charge is -2.12. The topological polar surface area (TPSA) is 75.7 Å². The molecule has 1 aliphatic rings. The van der Waals surface area contributed by atoms with Gasteiger partial charge in [-0.15, -0.1) is 0 Å². The number of hydrogen-bond donors (Lipinski definition) is 1. The summed E-state index contributed by atoms with van der Waals surface area (Å²) in [4.78, 5) is 38.4. The Balaban J connectivity index is 1.62. The first-order valence-corrected chi connectivity index (χ1v) is 10.7. The van der Waals surface area contributed by atoms with Crippen LogP contribution in [0.4, 0.5) is 10.5 Å². The first-order chi connectivity index (χ1) is 14.5. The highest BCUT2D eigenvalue weighted by molar-refractivity contribution is 8.18. The Morgan fingerprint density at radius 2 is 1.77 bits per heavy atom. The summed E-state index contributed by atoms with van der Waals surface area (Å²) in [6.07, 6.45) is 3.48. The van der Waals surface area contributed by atoms with Gasteiger partial charge in [-0.1, -0.05) is 38.1 Å². The predicted octanol–water partition coefficient (Wildman–Crippen LogP) is 4.71. The second-order valence-electron chi connectivity index (χ2n) is 6.78. The molecule has 0 unspecified atom stereocenters. The van der Waals surface area contributed by atoms with Gasteiger partial charge in [-0.2, -0.15) is 0 Å².